The van der Waals surface area contributed by atoms with Crippen LogP contribution in [0, 0.1) is 11.3 Å². The molecule has 180 valence electrons. The topological polar surface area (TPSA) is 84.7 Å². The average Bonchev–Trinajstić information content (AvgIpc) is 2.89. The van der Waals surface area contributed by atoms with Gasteiger partial charge in [0.15, 0.2) is 0 Å². The molecule has 7 nitrogen and oxygen atoms in total. The zero-order valence-electron chi connectivity index (χ0n) is 19.5. The van der Waals surface area contributed by atoms with Crippen LogP contribution >= 0.6 is 0 Å². The van der Waals surface area contributed by atoms with Crippen molar-refractivity contribution in [3.05, 3.63) is 59.7 Å². The minimum Gasteiger partial charge on any atom is -0.370 e. The molecule has 0 aliphatic carbocycles. The summed E-state index contributed by atoms with van der Waals surface area (Å²) in [6, 6.07) is 16.6. The molecule has 1 amide bonds. The van der Waals surface area contributed by atoms with Gasteiger partial charge < -0.3 is 9.80 Å². The van der Waals surface area contributed by atoms with Crippen LogP contribution in [-0.4, -0.2) is 56.3 Å². The summed E-state index contributed by atoms with van der Waals surface area (Å²) in [4.78, 5) is 17.2. The SMILES string of the molecule is N#CCN(Cc1ccccc1)C(=O)c1ccc(N2CCCCC2)c(S(=O)(=O)N2CCCCC2)c1. The number of anilines is 1. The lowest BCUT2D eigenvalue weighted by Gasteiger charge is -2.33. The summed E-state index contributed by atoms with van der Waals surface area (Å²) >= 11 is 0. The van der Waals surface area contributed by atoms with E-state index in [1.54, 1.807) is 16.4 Å². The van der Waals surface area contributed by atoms with Crippen molar-refractivity contribution >= 4 is 21.6 Å². The van der Waals surface area contributed by atoms with Crippen molar-refractivity contribution in [1.82, 2.24) is 9.21 Å². The van der Waals surface area contributed by atoms with E-state index in [1.807, 2.05) is 30.3 Å². The molecule has 2 fully saturated rings. The van der Waals surface area contributed by atoms with Crippen LogP contribution in [-0.2, 0) is 16.6 Å². The Morgan fingerprint density at radius 1 is 0.912 bits per heavy atom. The third-order valence-electron chi connectivity index (χ3n) is 6.60. The molecule has 2 aliphatic heterocycles. The van der Waals surface area contributed by atoms with E-state index in [0.717, 1.165) is 57.2 Å². The minimum absolute atomic E-state index is 0.0736. The molecule has 4 rings (SSSR count). The first-order chi connectivity index (χ1) is 16.5. The Hall–Kier alpha value is -2.89. The Morgan fingerprint density at radius 3 is 2.21 bits per heavy atom. The van der Waals surface area contributed by atoms with E-state index in [0.29, 0.717) is 24.3 Å². The monoisotopic (exact) mass is 480 g/mol. The van der Waals surface area contributed by atoms with E-state index < -0.39 is 10.0 Å². The first-order valence-electron chi connectivity index (χ1n) is 12.1. The van der Waals surface area contributed by atoms with Gasteiger partial charge in [-0.1, -0.05) is 36.8 Å². The summed E-state index contributed by atoms with van der Waals surface area (Å²) in [5.41, 5.74) is 1.89. The molecule has 2 heterocycles. The maximum atomic E-state index is 13.7. The fourth-order valence-corrected chi connectivity index (χ4v) is 6.52. The van der Waals surface area contributed by atoms with Gasteiger partial charge in [-0.3, -0.25) is 4.79 Å². The molecule has 0 unspecified atom stereocenters. The Bertz CT molecular complexity index is 1130. The lowest BCUT2D eigenvalue weighted by atomic mass is 10.1. The van der Waals surface area contributed by atoms with Crippen molar-refractivity contribution in [2.45, 2.75) is 50.0 Å². The van der Waals surface area contributed by atoms with Gasteiger partial charge in [-0.05, 0) is 55.9 Å². The number of piperidine rings is 2. The summed E-state index contributed by atoms with van der Waals surface area (Å²) in [5, 5.41) is 9.33. The predicted molar refractivity (Wildman–Crippen MR) is 132 cm³/mol. The second kappa shape index (κ2) is 11.0. The Labute approximate surface area is 202 Å². The van der Waals surface area contributed by atoms with E-state index in [2.05, 4.69) is 11.0 Å². The van der Waals surface area contributed by atoms with Crippen molar-refractivity contribution in [3.63, 3.8) is 0 Å². The highest BCUT2D eigenvalue weighted by Gasteiger charge is 2.31. The summed E-state index contributed by atoms with van der Waals surface area (Å²) < 4.78 is 29.0. The predicted octanol–water partition coefficient (Wildman–Crippen LogP) is 4.02. The molecular weight excluding hydrogens is 448 g/mol. The molecule has 34 heavy (non-hydrogen) atoms. The number of rotatable bonds is 7. The van der Waals surface area contributed by atoms with E-state index in [9.17, 15) is 18.5 Å². The Kier molecular flexibility index (Phi) is 7.86. The van der Waals surface area contributed by atoms with Crippen molar-refractivity contribution in [2.75, 3.05) is 37.6 Å². The highest BCUT2D eigenvalue weighted by atomic mass is 32.2. The van der Waals surface area contributed by atoms with Gasteiger partial charge in [0, 0.05) is 38.3 Å². The summed E-state index contributed by atoms with van der Waals surface area (Å²) in [5.74, 6) is -0.342. The molecule has 0 N–H and O–H groups in total. The highest BCUT2D eigenvalue weighted by Crippen LogP contribution is 2.32. The van der Waals surface area contributed by atoms with Gasteiger partial charge in [0.1, 0.15) is 11.4 Å². The van der Waals surface area contributed by atoms with Crippen molar-refractivity contribution in [3.8, 4) is 6.07 Å². The standard InChI is InChI=1S/C26H32N4O3S/c27-14-19-29(21-22-10-4-1-5-11-22)26(31)23-12-13-24(28-15-6-2-7-16-28)25(20-23)34(32,33)30-17-8-3-9-18-30/h1,4-5,10-13,20H,2-3,6-9,15-19,21H2. The summed E-state index contributed by atoms with van der Waals surface area (Å²) in [7, 11) is -3.74. The van der Waals surface area contributed by atoms with Gasteiger partial charge in [0.2, 0.25) is 10.0 Å². The number of nitriles is 1. The van der Waals surface area contributed by atoms with Crippen molar-refractivity contribution in [1.29, 1.82) is 5.26 Å². The Balaban J connectivity index is 1.70. The maximum absolute atomic E-state index is 13.7. The van der Waals surface area contributed by atoms with Gasteiger partial charge in [-0.25, -0.2) is 8.42 Å². The average molecular weight is 481 g/mol. The van der Waals surface area contributed by atoms with E-state index in [4.69, 9.17) is 0 Å². The third-order valence-corrected chi connectivity index (χ3v) is 8.53. The number of hydrogen-bond acceptors (Lipinski definition) is 5. The normalized spacial score (nSPS) is 17.2. The molecule has 0 spiro atoms. The first kappa shape index (κ1) is 24.2. The third kappa shape index (κ3) is 5.43. The fourth-order valence-electron chi connectivity index (χ4n) is 4.77. The van der Waals surface area contributed by atoms with Crippen molar-refractivity contribution < 1.29 is 13.2 Å². The van der Waals surface area contributed by atoms with Gasteiger partial charge in [-0.2, -0.15) is 9.57 Å². The van der Waals surface area contributed by atoms with Crippen LogP contribution in [0.4, 0.5) is 5.69 Å². The van der Waals surface area contributed by atoms with Crippen LogP contribution in [0.15, 0.2) is 53.4 Å². The number of nitrogens with zero attached hydrogens (tertiary/aromatic N) is 4. The second-order valence-corrected chi connectivity index (χ2v) is 10.9. The van der Waals surface area contributed by atoms with E-state index >= 15 is 0 Å². The van der Waals surface area contributed by atoms with Gasteiger partial charge in [0.25, 0.3) is 5.91 Å². The van der Waals surface area contributed by atoms with Crippen LogP contribution in [0.5, 0.6) is 0 Å². The molecule has 0 radical (unpaired) electrons. The van der Waals surface area contributed by atoms with Crippen LogP contribution in [0.2, 0.25) is 0 Å². The van der Waals surface area contributed by atoms with Gasteiger partial charge in [0.05, 0.1) is 11.8 Å². The van der Waals surface area contributed by atoms with Crippen LogP contribution in [0.1, 0.15) is 54.4 Å². The van der Waals surface area contributed by atoms with Crippen LogP contribution < -0.4 is 4.90 Å². The molecule has 0 atom stereocenters. The summed E-state index contributed by atoms with van der Waals surface area (Å²) in [6.07, 6.45) is 5.93. The number of carbonyl (C=O) groups excluding carboxylic acids is 1. The van der Waals surface area contributed by atoms with E-state index in [1.165, 1.54) is 11.0 Å². The maximum Gasteiger partial charge on any atom is 0.255 e. The Morgan fingerprint density at radius 2 is 1.56 bits per heavy atom. The number of carbonyl (C=O) groups is 1. The molecule has 2 saturated heterocycles. The molecule has 2 aliphatic rings. The molecule has 0 saturated carbocycles. The van der Waals surface area contributed by atoms with E-state index in [-0.39, 0.29) is 23.9 Å². The number of sulfonamides is 1. The quantitative estimate of drug-likeness (QED) is 0.559. The number of benzene rings is 2. The zero-order valence-corrected chi connectivity index (χ0v) is 20.3. The van der Waals surface area contributed by atoms with Crippen molar-refractivity contribution in [2.24, 2.45) is 0 Å². The fraction of sp³-hybridized carbons (Fsp3) is 0.462. The smallest absolute Gasteiger partial charge is 0.255 e. The first-order valence-corrected chi connectivity index (χ1v) is 13.5. The highest BCUT2D eigenvalue weighted by molar-refractivity contribution is 7.89. The molecule has 0 bridgehead atoms. The van der Waals surface area contributed by atoms with Crippen LogP contribution in [0.3, 0.4) is 0 Å². The van der Waals surface area contributed by atoms with Crippen LogP contribution in [0.25, 0.3) is 0 Å². The zero-order chi connectivity index (χ0) is 24.0. The molecule has 2 aromatic rings. The van der Waals surface area contributed by atoms with Gasteiger partial charge in [-0.15, -0.1) is 0 Å². The molecule has 0 aromatic heterocycles. The summed E-state index contributed by atoms with van der Waals surface area (Å²) in [6.45, 7) is 2.85. The van der Waals surface area contributed by atoms with Gasteiger partial charge >= 0.3 is 0 Å². The minimum atomic E-state index is -3.74. The number of amides is 1. The second-order valence-electron chi connectivity index (χ2n) is 9.00. The molecule has 8 heteroatoms. The molecule has 2 aromatic carbocycles. The lowest BCUT2D eigenvalue weighted by Crippen LogP contribution is -2.38. The number of hydrogen-bond donors (Lipinski definition) is 0. The largest absolute Gasteiger partial charge is 0.370 e. The lowest BCUT2D eigenvalue weighted by molar-refractivity contribution is 0.0764. The molecular formula is C26H32N4O3S.